The number of aromatic nitrogens is 2. The zero-order valence-electron chi connectivity index (χ0n) is 11.0. The van der Waals surface area contributed by atoms with Crippen molar-refractivity contribution < 1.29 is 14.1 Å². The van der Waals surface area contributed by atoms with E-state index in [-0.39, 0.29) is 17.8 Å². The Kier molecular flexibility index (Phi) is 4.47. The Morgan fingerprint density at radius 3 is 2.94 bits per heavy atom. The molecule has 0 N–H and O–H groups in total. The van der Waals surface area contributed by atoms with Crippen molar-refractivity contribution in [1.82, 2.24) is 10.1 Å². The molecule has 18 heavy (non-hydrogen) atoms. The van der Waals surface area contributed by atoms with Gasteiger partial charge in [0.1, 0.15) is 11.9 Å². The first-order chi connectivity index (χ1) is 8.76. The Morgan fingerprint density at radius 1 is 1.44 bits per heavy atom. The predicted molar refractivity (Wildman–Crippen MR) is 65.2 cm³/mol. The molecule has 2 atom stereocenters. The molecule has 1 aromatic heterocycles. The molecule has 0 amide bonds. The lowest BCUT2D eigenvalue weighted by Gasteiger charge is -2.16. The fraction of sp³-hybridized carbons (Fsp3) is 0.769. The van der Waals surface area contributed by atoms with E-state index in [1.54, 1.807) is 0 Å². The van der Waals surface area contributed by atoms with Crippen LogP contribution in [0.4, 0.5) is 0 Å². The third kappa shape index (κ3) is 2.77. The van der Waals surface area contributed by atoms with Crippen LogP contribution in [-0.4, -0.2) is 22.5 Å². The zero-order chi connectivity index (χ0) is 13.0. The van der Waals surface area contributed by atoms with Gasteiger partial charge in [0, 0.05) is 13.0 Å². The van der Waals surface area contributed by atoms with Crippen LogP contribution in [0.25, 0.3) is 0 Å². The van der Waals surface area contributed by atoms with Crippen LogP contribution in [0.5, 0.6) is 0 Å². The highest BCUT2D eigenvalue weighted by Gasteiger charge is 2.29. The number of nitrogens with zero attached hydrogens (tertiary/aromatic N) is 2. The highest BCUT2D eigenvalue weighted by molar-refractivity contribution is 5.85. The van der Waals surface area contributed by atoms with Gasteiger partial charge in [-0.2, -0.15) is 4.98 Å². The normalized spacial score (nSPS) is 22.1. The number of hydrogen-bond donors (Lipinski definition) is 0. The maximum atomic E-state index is 11.8. The molecule has 1 aliphatic rings. The van der Waals surface area contributed by atoms with Crippen molar-refractivity contribution in [2.75, 3.05) is 6.61 Å². The monoisotopic (exact) mass is 252 g/mol. The molecule has 100 valence electrons. The Balaban J connectivity index is 2.11. The Morgan fingerprint density at radius 2 is 2.28 bits per heavy atom. The molecule has 2 unspecified atom stereocenters. The van der Waals surface area contributed by atoms with E-state index in [1.807, 2.05) is 13.8 Å². The lowest BCUT2D eigenvalue weighted by atomic mass is 9.88. The Labute approximate surface area is 107 Å². The molecule has 1 fully saturated rings. The summed E-state index contributed by atoms with van der Waals surface area (Å²) < 4.78 is 10.8. The molecule has 1 saturated carbocycles. The number of carbonyl (C=O) groups is 1. The second kappa shape index (κ2) is 6.09. The third-order valence-electron chi connectivity index (χ3n) is 3.34. The smallest absolute Gasteiger partial charge is 0.237 e. The predicted octanol–water partition coefficient (Wildman–Crippen LogP) is 2.78. The average molecular weight is 252 g/mol. The van der Waals surface area contributed by atoms with Gasteiger partial charge < -0.3 is 9.26 Å². The van der Waals surface area contributed by atoms with Crippen LogP contribution in [-0.2, 0) is 9.53 Å². The number of hydrogen-bond acceptors (Lipinski definition) is 5. The van der Waals surface area contributed by atoms with Gasteiger partial charge in [-0.05, 0) is 26.2 Å². The maximum absolute atomic E-state index is 11.8. The van der Waals surface area contributed by atoms with Crippen LogP contribution >= 0.6 is 0 Å². The van der Waals surface area contributed by atoms with E-state index in [1.165, 1.54) is 0 Å². The van der Waals surface area contributed by atoms with E-state index in [0.29, 0.717) is 24.7 Å². The van der Waals surface area contributed by atoms with Crippen LogP contribution in [0.1, 0.15) is 69.7 Å². The van der Waals surface area contributed by atoms with Crippen LogP contribution in [0.3, 0.4) is 0 Å². The molecule has 2 rings (SSSR count). The van der Waals surface area contributed by atoms with Crippen molar-refractivity contribution in [2.24, 2.45) is 0 Å². The van der Waals surface area contributed by atoms with Gasteiger partial charge in [-0.1, -0.05) is 18.5 Å². The molecule has 0 aromatic carbocycles. The van der Waals surface area contributed by atoms with E-state index in [2.05, 4.69) is 10.1 Å². The minimum atomic E-state index is -0.195. The van der Waals surface area contributed by atoms with E-state index < -0.39 is 0 Å². The summed E-state index contributed by atoms with van der Waals surface area (Å²) in [6.07, 6.45) is 4.15. The van der Waals surface area contributed by atoms with Crippen molar-refractivity contribution in [3.05, 3.63) is 11.7 Å². The molecule has 1 aromatic rings. The molecule has 0 bridgehead atoms. The number of ether oxygens (including phenoxy) is 1. The van der Waals surface area contributed by atoms with Gasteiger partial charge in [-0.25, -0.2) is 0 Å². The summed E-state index contributed by atoms with van der Waals surface area (Å²) in [7, 11) is 0. The highest BCUT2D eigenvalue weighted by Crippen LogP contribution is 2.30. The highest BCUT2D eigenvalue weighted by atomic mass is 16.5. The van der Waals surface area contributed by atoms with Crippen LogP contribution < -0.4 is 0 Å². The molecule has 1 aliphatic carbocycles. The Hall–Kier alpha value is -1.23. The summed E-state index contributed by atoms with van der Waals surface area (Å²) in [5, 5.41) is 3.95. The summed E-state index contributed by atoms with van der Waals surface area (Å²) in [6.45, 7) is 4.57. The quantitative estimate of drug-likeness (QED) is 0.806. The van der Waals surface area contributed by atoms with Gasteiger partial charge in [-0.3, -0.25) is 4.79 Å². The number of rotatable bonds is 5. The minimum Gasteiger partial charge on any atom is -0.370 e. The van der Waals surface area contributed by atoms with Crippen molar-refractivity contribution >= 4 is 5.78 Å². The zero-order valence-corrected chi connectivity index (χ0v) is 11.0. The molecule has 1 heterocycles. The summed E-state index contributed by atoms with van der Waals surface area (Å²) >= 11 is 0. The second-order valence-electron chi connectivity index (χ2n) is 4.61. The van der Waals surface area contributed by atoms with Crippen LogP contribution in [0, 0.1) is 0 Å². The second-order valence-corrected chi connectivity index (χ2v) is 4.61. The Bertz CT molecular complexity index is 403. The molecule has 0 aliphatic heterocycles. The largest absolute Gasteiger partial charge is 0.370 e. The third-order valence-corrected chi connectivity index (χ3v) is 3.34. The molecular weight excluding hydrogens is 232 g/mol. The first-order valence-corrected chi connectivity index (χ1v) is 6.74. The molecule has 5 nitrogen and oxygen atoms in total. The SMILES string of the molecule is CCOC(CC)c1noc(C2CCCCC2=O)n1. The number of carbonyl (C=O) groups excluding carboxylic acids is 1. The summed E-state index contributed by atoms with van der Waals surface area (Å²) in [5.74, 6) is 1.06. The first-order valence-electron chi connectivity index (χ1n) is 6.74. The van der Waals surface area contributed by atoms with Gasteiger partial charge in [0.25, 0.3) is 0 Å². The fourth-order valence-corrected chi connectivity index (χ4v) is 2.34. The summed E-state index contributed by atoms with van der Waals surface area (Å²) in [4.78, 5) is 16.2. The minimum absolute atomic E-state index is 0.133. The molecule has 5 heteroatoms. The van der Waals surface area contributed by atoms with Gasteiger partial charge >= 0.3 is 0 Å². The van der Waals surface area contributed by atoms with Gasteiger partial charge in [0.2, 0.25) is 11.7 Å². The lowest BCUT2D eigenvalue weighted by molar-refractivity contribution is -0.122. The average Bonchev–Trinajstić information content (AvgIpc) is 2.85. The molecule has 0 radical (unpaired) electrons. The van der Waals surface area contributed by atoms with Crippen molar-refractivity contribution in [3.8, 4) is 0 Å². The van der Waals surface area contributed by atoms with Crippen LogP contribution in [0.15, 0.2) is 4.52 Å². The van der Waals surface area contributed by atoms with E-state index >= 15 is 0 Å². The topological polar surface area (TPSA) is 65.2 Å². The molecular formula is C13H20N2O3. The van der Waals surface area contributed by atoms with Crippen molar-refractivity contribution in [2.45, 2.75) is 58.0 Å². The van der Waals surface area contributed by atoms with Gasteiger partial charge in [0.05, 0.1) is 5.92 Å². The standard InChI is InChI=1S/C13H20N2O3/c1-3-11(17-4-2)12-14-13(18-15-12)9-7-5-6-8-10(9)16/h9,11H,3-8H2,1-2H3. The van der Waals surface area contributed by atoms with Gasteiger partial charge in [0.15, 0.2) is 0 Å². The summed E-state index contributed by atoms with van der Waals surface area (Å²) in [6, 6.07) is 0. The summed E-state index contributed by atoms with van der Waals surface area (Å²) in [5.41, 5.74) is 0. The van der Waals surface area contributed by atoms with E-state index in [9.17, 15) is 4.79 Å². The maximum Gasteiger partial charge on any atom is 0.237 e. The van der Waals surface area contributed by atoms with Gasteiger partial charge in [-0.15, -0.1) is 0 Å². The number of ketones is 1. The van der Waals surface area contributed by atoms with E-state index in [0.717, 1.165) is 25.7 Å². The molecule has 0 spiro atoms. The molecule has 0 saturated heterocycles. The van der Waals surface area contributed by atoms with Crippen LogP contribution in [0.2, 0.25) is 0 Å². The van der Waals surface area contributed by atoms with Crippen molar-refractivity contribution in [3.63, 3.8) is 0 Å². The lowest BCUT2D eigenvalue weighted by Crippen LogP contribution is -2.17. The van der Waals surface area contributed by atoms with Crippen molar-refractivity contribution in [1.29, 1.82) is 0 Å². The van der Waals surface area contributed by atoms with E-state index in [4.69, 9.17) is 9.26 Å². The fourth-order valence-electron chi connectivity index (χ4n) is 2.34. The number of Topliss-reactive ketones (excluding diaryl/α,β-unsaturated/α-hetero) is 1. The first kappa shape index (κ1) is 13.2.